The summed E-state index contributed by atoms with van der Waals surface area (Å²) in [5.74, 6) is 0. The maximum Gasteiger partial charge on any atom is 0.106 e. The van der Waals surface area contributed by atoms with E-state index in [2.05, 4.69) is 27.6 Å². The van der Waals surface area contributed by atoms with Crippen molar-refractivity contribution in [2.24, 2.45) is 4.99 Å². The first-order valence-corrected chi connectivity index (χ1v) is 3.61. The smallest absolute Gasteiger partial charge is 0.106 e. The Hall–Kier alpha value is -0.190. The molecule has 0 atom stereocenters. The van der Waals surface area contributed by atoms with Gasteiger partial charge in [0.2, 0.25) is 0 Å². The molecule has 0 aliphatic carbocycles. The fourth-order valence-corrected chi connectivity index (χ4v) is 0.377. The molecule has 50 valence electrons. The SMILES string of the molecule is CC(I)=C(C)C=NC=N. The van der Waals surface area contributed by atoms with Crippen molar-refractivity contribution >= 4 is 35.1 Å². The van der Waals surface area contributed by atoms with E-state index >= 15 is 0 Å². The van der Waals surface area contributed by atoms with Crippen molar-refractivity contribution in [3.8, 4) is 0 Å². The molecule has 0 radical (unpaired) electrons. The second kappa shape index (κ2) is 4.67. The molecule has 3 heteroatoms. The summed E-state index contributed by atoms with van der Waals surface area (Å²) in [7, 11) is 0. The first-order valence-electron chi connectivity index (χ1n) is 2.53. The van der Waals surface area contributed by atoms with Crippen LogP contribution >= 0.6 is 22.6 Å². The van der Waals surface area contributed by atoms with E-state index < -0.39 is 0 Å². The van der Waals surface area contributed by atoms with Gasteiger partial charge in [-0.15, -0.1) is 0 Å². The second-order valence-corrected chi connectivity index (χ2v) is 3.24. The standard InChI is InChI=1S/C6H9IN2/c1-5(6(2)7)3-9-4-8/h3-4,8H,1-2H3. The molecule has 0 rings (SSSR count). The molecule has 0 bridgehead atoms. The molecular formula is C6H9IN2. The maximum absolute atomic E-state index is 6.59. The maximum atomic E-state index is 6.59. The summed E-state index contributed by atoms with van der Waals surface area (Å²) in [5.41, 5.74) is 1.11. The lowest BCUT2D eigenvalue weighted by atomic mass is 10.3. The van der Waals surface area contributed by atoms with E-state index in [1.165, 1.54) is 3.58 Å². The minimum absolute atomic E-state index is 1.03. The lowest BCUT2D eigenvalue weighted by Gasteiger charge is -1.89. The third-order valence-electron chi connectivity index (χ3n) is 0.886. The molecule has 9 heavy (non-hydrogen) atoms. The number of nitrogens with zero attached hydrogens (tertiary/aromatic N) is 1. The number of halogens is 1. The highest BCUT2D eigenvalue weighted by Crippen LogP contribution is 2.08. The Kier molecular flexibility index (Phi) is 4.57. The van der Waals surface area contributed by atoms with Gasteiger partial charge in [-0.1, -0.05) is 0 Å². The summed E-state index contributed by atoms with van der Waals surface area (Å²) in [6, 6.07) is 0. The second-order valence-electron chi connectivity index (χ2n) is 1.62. The van der Waals surface area contributed by atoms with Crippen LogP contribution in [0.25, 0.3) is 0 Å². The van der Waals surface area contributed by atoms with E-state index in [0.717, 1.165) is 11.9 Å². The predicted molar refractivity (Wildman–Crippen MR) is 49.7 cm³/mol. The summed E-state index contributed by atoms with van der Waals surface area (Å²) in [6.07, 6.45) is 2.71. The number of hydrogen-bond donors (Lipinski definition) is 1. The van der Waals surface area contributed by atoms with Gasteiger partial charge in [0.25, 0.3) is 0 Å². The van der Waals surface area contributed by atoms with E-state index in [4.69, 9.17) is 5.41 Å². The van der Waals surface area contributed by atoms with Crippen LogP contribution in [0.2, 0.25) is 0 Å². The molecule has 0 amide bonds. The number of allylic oxidation sites excluding steroid dienone is 2. The van der Waals surface area contributed by atoms with E-state index in [1.54, 1.807) is 6.21 Å². The molecule has 0 aliphatic rings. The van der Waals surface area contributed by atoms with Gasteiger partial charge in [-0.05, 0) is 45.6 Å². The number of hydrogen-bond acceptors (Lipinski definition) is 1. The fourth-order valence-electron chi connectivity index (χ4n) is 0.238. The molecule has 0 spiro atoms. The van der Waals surface area contributed by atoms with Crippen LogP contribution in [-0.4, -0.2) is 12.6 Å². The average molecular weight is 236 g/mol. The lowest BCUT2D eigenvalue weighted by molar-refractivity contribution is 1.49. The van der Waals surface area contributed by atoms with Crippen LogP contribution in [0.15, 0.2) is 14.1 Å². The molecule has 0 aromatic rings. The van der Waals surface area contributed by atoms with E-state index in [1.807, 2.05) is 13.8 Å². The van der Waals surface area contributed by atoms with Crippen LogP contribution in [0, 0.1) is 5.41 Å². The monoisotopic (exact) mass is 236 g/mol. The summed E-state index contributed by atoms with van der Waals surface area (Å²) < 4.78 is 1.21. The van der Waals surface area contributed by atoms with Crippen molar-refractivity contribution in [1.82, 2.24) is 0 Å². The Morgan fingerprint density at radius 2 is 2.11 bits per heavy atom. The van der Waals surface area contributed by atoms with Crippen molar-refractivity contribution in [2.45, 2.75) is 13.8 Å². The van der Waals surface area contributed by atoms with Crippen LogP contribution in [0.4, 0.5) is 0 Å². The number of nitrogens with one attached hydrogen (secondary N) is 1. The molecule has 0 aliphatic heterocycles. The van der Waals surface area contributed by atoms with Crippen LogP contribution in [0.1, 0.15) is 13.8 Å². The zero-order valence-electron chi connectivity index (χ0n) is 5.48. The first kappa shape index (κ1) is 8.81. The largest absolute Gasteiger partial charge is 0.290 e. The van der Waals surface area contributed by atoms with E-state index in [0.29, 0.717) is 0 Å². The molecule has 0 aromatic heterocycles. The van der Waals surface area contributed by atoms with Gasteiger partial charge in [-0.25, -0.2) is 4.99 Å². The van der Waals surface area contributed by atoms with Crippen LogP contribution in [0.5, 0.6) is 0 Å². The van der Waals surface area contributed by atoms with Crippen molar-refractivity contribution in [3.05, 3.63) is 9.15 Å². The Balaban J connectivity index is 4.06. The Labute approximate surface area is 68.7 Å². The minimum Gasteiger partial charge on any atom is -0.290 e. The van der Waals surface area contributed by atoms with Crippen molar-refractivity contribution in [2.75, 3.05) is 0 Å². The third-order valence-corrected chi connectivity index (χ3v) is 1.74. The van der Waals surface area contributed by atoms with Gasteiger partial charge in [0.1, 0.15) is 6.34 Å². The molecule has 0 aromatic carbocycles. The molecule has 0 fully saturated rings. The summed E-state index contributed by atoms with van der Waals surface area (Å²) in [4.78, 5) is 3.65. The normalized spacial score (nSPS) is 13.7. The highest BCUT2D eigenvalue weighted by atomic mass is 127. The van der Waals surface area contributed by atoms with Crippen molar-refractivity contribution < 1.29 is 0 Å². The molecule has 0 heterocycles. The van der Waals surface area contributed by atoms with E-state index in [9.17, 15) is 0 Å². The molecule has 0 unspecified atom stereocenters. The Bertz CT molecular complexity index is 154. The number of aliphatic imine (C=N–C) groups is 1. The Morgan fingerprint density at radius 3 is 2.44 bits per heavy atom. The summed E-state index contributed by atoms with van der Waals surface area (Å²) in [5, 5.41) is 6.59. The van der Waals surface area contributed by atoms with Gasteiger partial charge >= 0.3 is 0 Å². The van der Waals surface area contributed by atoms with Gasteiger partial charge in [0, 0.05) is 6.21 Å². The lowest BCUT2D eigenvalue weighted by Crippen LogP contribution is -1.78. The minimum atomic E-state index is 1.03. The van der Waals surface area contributed by atoms with Crippen molar-refractivity contribution in [3.63, 3.8) is 0 Å². The molecular weight excluding hydrogens is 227 g/mol. The zero-order chi connectivity index (χ0) is 7.28. The predicted octanol–water partition coefficient (Wildman–Crippen LogP) is 2.39. The fraction of sp³-hybridized carbons (Fsp3) is 0.333. The highest BCUT2D eigenvalue weighted by Gasteiger charge is 1.84. The Morgan fingerprint density at radius 1 is 1.56 bits per heavy atom. The van der Waals surface area contributed by atoms with Crippen LogP contribution < -0.4 is 0 Å². The molecule has 2 nitrogen and oxygen atoms in total. The van der Waals surface area contributed by atoms with Crippen LogP contribution in [0.3, 0.4) is 0 Å². The van der Waals surface area contributed by atoms with E-state index in [-0.39, 0.29) is 0 Å². The third kappa shape index (κ3) is 4.32. The van der Waals surface area contributed by atoms with Crippen molar-refractivity contribution in [1.29, 1.82) is 5.41 Å². The summed E-state index contributed by atoms with van der Waals surface area (Å²) in [6.45, 7) is 3.97. The topological polar surface area (TPSA) is 36.2 Å². The average Bonchev–Trinajstić information content (AvgIpc) is 1.82. The number of rotatable bonds is 2. The first-order chi connectivity index (χ1) is 4.18. The quantitative estimate of drug-likeness (QED) is 0.434. The zero-order valence-corrected chi connectivity index (χ0v) is 7.64. The summed E-state index contributed by atoms with van der Waals surface area (Å²) >= 11 is 2.22. The molecule has 0 saturated carbocycles. The molecule has 0 saturated heterocycles. The van der Waals surface area contributed by atoms with Gasteiger partial charge < -0.3 is 0 Å². The van der Waals surface area contributed by atoms with Crippen LogP contribution in [-0.2, 0) is 0 Å². The van der Waals surface area contributed by atoms with Gasteiger partial charge in [-0.3, -0.25) is 5.41 Å². The van der Waals surface area contributed by atoms with Gasteiger partial charge in [0.15, 0.2) is 0 Å². The highest BCUT2D eigenvalue weighted by molar-refractivity contribution is 14.1. The molecule has 1 N–H and O–H groups in total. The van der Waals surface area contributed by atoms with Gasteiger partial charge in [0.05, 0.1) is 0 Å². The van der Waals surface area contributed by atoms with Gasteiger partial charge in [-0.2, -0.15) is 0 Å².